The second kappa shape index (κ2) is 6.63. The van der Waals surface area contributed by atoms with Crippen LogP contribution in [0.4, 0.5) is 0 Å². The van der Waals surface area contributed by atoms with Crippen molar-refractivity contribution in [3.63, 3.8) is 0 Å². The molecule has 0 saturated carbocycles. The van der Waals surface area contributed by atoms with E-state index in [1.54, 1.807) is 4.68 Å². The molecule has 0 amide bonds. The van der Waals surface area contributed by atoms with Gasteiger partial charge in [-0.2, -0.15) is 5.10 Å². The van der Waals surface area contributed by atoms with Crippen LogP contribution in [0.2, 0.25) is 0 Å². The summed E-state index contributed by atoms with van der Waals surface area (Å²) in [4.78, 5) is 2.37. The summed E-state index contributed by atoms with van der Waals surface area (Å²) in [6.07, 6.45) is 5.24. The topological polar surface area (TPSA) is 41.3 Å². The molecule has 0 spiro atoms. The lowest BCUT2D eigenvalue weighted by Crippen LogP contribution is -2.20. The van der Waals surface area contributed by atoms with E-state index in [9.17, 15) is 5.11 Å². The van der Waals surface area contributed by atoms with Crippen molar-refractivity contribution in [1.29, 1.82) is 0 Å². The maximum absolute atomic E-state index is 10.5. The molecule has 2 aromatic rings. The van der Waals surface area contributed by atoms with Crippen molar-refractivity contribution in [1.82, 2.24) is 14.7 Å². The number of hydrogen-bond donors (Lipinski definition) is 1. The van der Waals surface area contributed by atoms with E-state index in [4.69, 9.17) is 0 Å². The predicted molar refractivity (Wildman–Crippen MR) is 87.8 cm³/mol. The van der Waals surface area contributed by atoms with Crippen molar-refractivity contribution in [3.8, 4) is 0 Å². The molecule has 1 N–H and O–H groups in total. The van der Waals surface area contributed by atoms with Crippen LogP contribution in [0.5, 0.6) is 0 Å². The van der Waals surface area contributed by atoms with Crippen LogP contribution < -0.4 is 0 Å². The Bertz CT molecular complexity index is 635. The lowest BCUT2D eigenvalue weighted by molar-refractivity contribution is 0.167. The summed E-state index contributed by atoms with van der Waals surface area (Å²) in [6, 6.07) is 8.51. The molecule has 1 unspecified atom stereocenters. The average Bonchev–Trinajstić information content (AvgIpc) is 2.84. The Morgan fingerprint density at radius 3 is 2.64 bits per heavy atom. The van der Waals surface area contributed by atoms with Crippen LogP contribution in [0.1, 0.15) is 34.9 Å². The molecule has 0 bridgehead atoms. The fraction of sp³-hybridized carbons (Fsp3) is 0.500. The summed E-state index contributed by atoms with van der Waals surface area (Å²) in [5.41, 5.74) is 4.92. The molecule has 4 nitrogen and oxygen atoms in total. The Morgan fingerprint density at radius 2 is 1.91 bits per heavy atom. The number of hydrogen-bond acceptors (Lipinski definition) is 3. The van der Waals surface area contributed by atoms with E-state index in [1.807, 2.05) is 19.3 Å². The standard InChI is InChI=1S/C18H25N3O/c1-20-10-7-14-3-4-16(13-15(14)8-11-20)18(22)6-5-17-9-12-21(2)19-17/h3-4,9,12-13,18,22H,5-8,10-11H2,1-2H3. The van der Waals surface area contributed by atoms with Crippen molar-refractivity contribution in [2.45, 2.75) is 31.8 Å². The number of aliphatic hydroxyl groups excluding tert-OH is 1. The van der Waals surface area contributed by atoms with E-state index in [2.05, 4.69) is 35.2 Å². The maximum Gasteiger partial charge on any atom is 0.0793 e. The second-order valence-corrected chi connectivity index (χ2v) is 6.37. The quantitative estimate of drug-likeness (QED) is 0.940. The minimum atomic E-state index is -0.409. The van der Waals surface area contributed by atoms with E-state index < -0.39 is 6.10 Å². The Morgan fingerprint density at radius 1 is 1.14 bits per heavy atom. The summed E-state index contributed by atoms with van der Waals surface area (Å²) in [5, 5.41) is 14.8. The smallest absolute Gasteiger partial charge is 0.0793 e. The molecule has 0 saturated heterocycles. The monoisotopic (exact) mass is 299 g/mol. The van der Waals surface area contributed by atoms with Crippen molar-refractivity contribution < 1.29 is 5.11 Å². The van der Waals surface area contributed by atoms with Gasteiger partial charge in [0.2, 0.25) is 0 Å². The summed E-state index contributed by atoms with van der Waals surface area (Å²) in [5.74, 6) is 0. The molecule has 118 valence electrons. The Kier molecular flexibility index (Phi) is 4.60. The molecular weight excluding hydrogens is 274 g/mol. The SMILES string of the molecule is CN1CCc2ccc(C(O)CCc3ccn(C)n3)cc2CC1. The van der Waals surface area contributed by atoms with Gasteiger partial charge in [0.25, 0.3) is 0 Å². The van der Waals surface area contributed by atoms with Gasteiger partial charge in [0.1, 0.15) is 0 Å². The van der Waals surface area contributed by atoms with Crippen molar-refractivity contribution >= 4 is 0 Å². The number of likely N-dealkylation sites (N-methyl/N-ethyl adjacent to an activating group) is 1. The summed E-state index contributed by atoms with van der Waals surface area (Å²) < 4.78 is 1.81. The van der Waals surface area contributed by atoms with E-state index in [-0.39, 0.29) is 0 Å². The zero-order valence-corrected chi connectivity index (χ0v) is 13.5. The number of aromatic nitrogens is 2. The summed E-state index contributed by atoms with van der Waals surface area (Å²) in [7, 11) is 4.10. The van der Waals surface area contributed by atoms with Gasteiger partial charge in [-0.3, -0.25) is 4.68 Å². The number of nitrogens with zero attached hydrogens (tertiary/aromatic N) is 3. The minimum Gasteiger partial charge on any atom is -0.388 e. The van der Waals surface area contributed by atoms with Gasteiger partial charge in [-0.1, -0.05) is 18.2 Å². The fourth-order valence-corrected chi connectivity index (χ4v) is 3.11. The first-order chi connectivity index (χ1) is 10.6. The van der Waals surface area contributed by atoms with Crippen LogP contribution in [0.3, 0.4) is 0 Å². The van der Waals surface area contributed by atoms with Crippen LogP contribution in [0.15, 0.2) is 30.5 Å². The number of fused-ring (bicyclic) bond motifs is 1. The van der Waals surface area contributed by atoms with Crippen LogP contribution in [0, 0.1) is 0 Å². The number of aryl methyl sites for hydroxylation is 2. The largest absolute Gasteiger partial charge is 0.388 e. The highest BCUT2D eigenvalue weighted by molar-refractivity contribution is 5.34. The minimum absolute atomic E-state index is 0.409. The van der Waals surface area contributed by atoms with Gasteiger partial charge in [0.15, 0.2) is 0 Å². The summed E-state index contributed by atoms with van der Waals surface area (Å²) >= 11 is 0. The van der Waals surface area contributed by atoms with Gasteiger partial charge < -0.3 is 10.0 Å². The van der Waals surface area contributed by atoms with Gasteiger partial charge in [0.05, 0.1) is 11.8 Å². The van der Waals surface area contributed by atoms with Gasteiger partial charge in [0, 0.05) is 26.3 Å². The highest BCUT2D eigenvalue weighted by Crippen LogP contribution is 2.24. The van der Waals surface area contributed by atoms with Crippen LogP contribution in [-0.2, 0) is 26.3 Å². The van der Waals surface area contributed by atoms with E-state index in [0.29, 0.717) is 0 Å². The van der Waals surface area contributed by atoms with Gasteiger partial charge in [-0.15, -0.1) is 0 Å². The van der Waals surface area contributed by atoms with Crippen LogP contribution in [-0.4, -0.2) is 39.9 Å². The zero-order chi connectivity index (χ0) is 15.5. The molecule has 1 aromatic heterocycles. The molecule has 1 atom stereocenters. The zero-order valence-electron chi connectivity index (χ0n) is 13.5. The van der Waals surface area contributed by atoms with Gasteiger partial charge in [-0.05, 0) is 55.5 Å². The Balaban J connectivity index is 1.66. The van der Waals surface area contributed by atoms with Gasteiger partial charge >= 0.3 is 0 Å². The highest BCUT2D eigenvalue weighted by Gasteiger charge is 2.14. The molecule has 1 aromatic carbocycles. The summed E-state index contributed by atoms with van der Waals surface area (Å²) in [6.45, 7) is 2.22. The molecular formula is C18H25N3O. The number of aliphatic hydroxyl groups is 1. The first-order valence-corrected chi connectivity index (χ1v) is 8.08. The molecule has 1 aliphatic heterocycles. The third-order valence-corrected chi connectivity index (χ3v) is 4.58. The molecule has 0 radical (unpaired) electrons. The lowest BCUT2D eigenvalue weighted by Gasteiger charge is -2.13. The van der Waals surface area contributed by atoms with E-state index >= 15 is 0 Å². The Hall–Kier alpha value is -1.65. The van der Waals surface area contributed by atoms with Crippen LogP contribution in [0.25, 0.3) is 0 Å². The predicted octanol–water partition coefficient (Wildman–Crippen LogP) is 2.12. The first-order valence-electron chi connectivity index (χ1n) is 8.08. The third-order valence-electron chi connectivity index (χ3n) is 4.58. The molecule has 4 heteroatoms. The van der Waals surface area contributed by atoms with Crippen molar-refractivity contribution in [2.24, 2.45) is 7.05 Å². The molecule has 3 rings (SSSR count). The van der Waals surface area contributed by atoms with E-state index in [1.165, 1.54) is 11.1 Å². The van der Waals surface area contributed by atoms with Gasteiger partial charge in [-0.25, -0.2) is 0 Å². The second-order valence-electron chi connectivity index (χ2n) is 6.37. The molecule has 1 aliphatic rings. The molecule has 0 fully saturated rings. The molecule has 0 aliphatic carbocycles. The Labute approximate surface area is 132 Å². The number of rotatable bonds is 4. The van der Waals surface area contributed by atoms with Crippen LogP contribution >= 0.6 is 0 Å². The molecule has 2 heterocycles. The van der Waals surface area contributed by atoms with Crippen molar-refractivity contribution in [3.05, 3.63) is 52.8 Å². The highest BCUT2D eigenvalue weighted by atomic mass is 16.3. The molecule has 22 heavy (non-hydrogen) atoms. The van der Waals surface area contributed by atoms with Crippen molar-refractivity contribution in [2.75, 3.05) is 20.1 Å². The van der Waals surface area contributed by atoms with E-state index in [0.717, 1.165) is 50.0 Å². The third kappa shape index (κ3) is 3.57. The number of benzene rings is 1. The fourth-order valence-electron chi connectivity index (χ4n) is 3.11. The normalized spacial score (nSPS) is 17.0. The average molecular weight is 299 g/mol. The lowest BCUT2D eigenvalue weighted by atomic mass is 9.96. The first kappa shape index (κ1) is 15.3. The maximum atomic E-state index is 10.5.